The van der Waals surface area contributed by atoms with Crippen LogP contribution in [0.5, 0.6) is 0 Å². The summed E-state index contributed by atoms with van der Waals surface area (Å²) < 4.78 is 5.57. The molecule has 2 heterocycles. The first kappa shape index (κ1) is 17.0. The van der Waals surface area contributed by atoms with Gasteiger partial charge in [-0.2, -0.15) is 4.98 Å². The topological polar surface area (TPSA) is 45.4 Å². The van der Waals surface area contributed by atoms with Crippen molar-refractivity contribution in [3.63, 3.8) is 0 Å². The number of anilines is 1. The molecule has 0 saturated carbocycles. The number of aromatic nitrogens is 2. The zero-order valence-corrected chi connectivity index (χ0v) is 15.2. The van der Waals surface area contributed by atoms with Crippen LogP contribution in [0.2, 0.25) is 0 Å². The van der Waals surface area contributed by atoms with Gasteiger partial charge in [0.1, 0.15) is 0 Å². The van der Waals surface area contributed by atoms with Crippen LogP contribution in [0.25, 0.3) is 0 Å². The average molecular weight is 328 g/mol. The van der Waals surface area contributed by atoms with E-state index in [0.717, 1.165) is 31.2 Å². The van der Waals surface area contributed by atoms with Crippen molar-refractivity contribution in [3.05, 3.63) is 41.5 Å². The molecule has 0 amide bonds. The average Bonchev–Trinajstić information content (AvgIpc) is 3.06. The molecule has 1 saturated heterocycles. The maximum atomic E-state index is 5.57. The minimum Gasteiger partial charge on any atom is -0.378 e. The molecule has 1 atom stereocenters. The van der Waals surface area contributed by atoms with E-state index in [1.807, 2.05) is 0 Å². The second-order valence-corrected chi connectivity index (χ2v) is 7.19. The molecule has 1 aliphatic heterocycles. The molecular formula is C19H28N4O. The van der Waals surface area contributed by atoms with Gasteiger partial charge >= 0.3 is 0 Å². The van der Waals surface area contributed by atoms with Gasteiger partial charge in [0.05, 0.1) is 6.04 Å². The Labute approximate surface area is 144 Å². The van der Waals surface area contributed by atoms with E-state index in [2.05, 4.69) is 72.1 Å². The number of hydrogen-bond donors (Lipinski definition) is 0. The van der Waals surface area contributed by atoms with Gasteiger partial charge in [-0.25, -0.2) is 0 Å². The van der Waals surface area contributed by atoms with E-state index < -0.39 is 0 Å². The van der Waals surface area contributed by atoms with Gasteiger partial charge in [-0.3, -0.25) is 4.90 Å². The predicted octanol–water partition coefficient (Wildman–Crippen LogP) is 3.99. The van der Waals surface area contributed by atoms with E-state index in [9.17, 15) is 0 Å². The molecule has 2 aromatic rings. The van der Waals surface area contributed by atoms with E-state index >= 15 is 0 Å². The number of likely N-dealkylation sites (tertiary alicyclic amines) is 1. The Morgan fingerprint density at radius 3 is 2.58 bits per heavy atom. The third-order valence-electron chi connectivity index (χ3n) is 4.71. The predicted molar refractivity (Wildman–Crippen MR) is 96.2 cm³/mol. The summed E-state index contributed by atoms with van der Waals surface area (Å²) >= 11 is 0. The Morgan fingerprint density at radius 2 is 1.96 bits per heavy atom. The highest BCUT2D eigenvalue weighted by Gasteiger charge is 2.29. The third-order valence-corrected chi connectivity index (χ3v) is 4.71. The zero-order chi connectivity index (χ0) is 17.1. The van der Waals surface area contributed by atoms with Crippen molar-refractivity contribution < 1.29 is 4.52 Å². The monoisotopic (exact) mass is 328 g/mol. The fourth-order valence-corrected chi connectivity index (χ4v) is 3.21. The highest BCUT2D eigenvalue weighted by atomic mass is 16.5. The summed E-state index contributed by atoms with van der Waals surface area (Å²) in [5, 5.41) is 4.15. The highest BCUT2D eigenvalue weighted by molar-refractivity contribution is 5.45. The van der Waals surface area contributed by atoms with Crippen LogP contribution in [0.3, 0.4) is 0 Å². The second kappa shape index (κ2) is 7.34. The number of hydrogen-bond acceptors (Lipinski definition) is 5. The third kappa shape index (κ3) is 3.78. The summed E-state index contributed by atoms with van der Waals surface area (Å²) in [6, 6.07) is 9.03. The quantitative estimate of drug-likeness (QED) is 0.830. The Bertz CT molecular complexity index is 648. The Kier molecular flexibility index (Phi) is 5.19. The smallest absolute Gasteiger partial charge is 0.244 e. The fourth-order valence-electron chi connectivity index (χ4n) is 3.21. The lowest BCUT2D eigenvalue weighted by molar-refractivity contribution is 0.111. The molecule has 0 aliphatic carbocycles. The molecule has 3 rings (SSSR count). The fraction of sp³-hybridized carbons (Fsp3) is 0.579. The first-order valence-electron chi connectivity index (χ1n) is 8.88. The lowest BCUT2D eigenvalue weighted by Gasteiger charge is -2.33. The Hall–Kier alpha value is -1.88. The van der Waals surface area contributed by atoms with E-state index in [-0.39, 0.29) is 6.04 Å². The van der Waals surface area contributed by atoms with Crippen LogP contribution in [0.15, 0.2) is 28.8 Å². The molecule has 1 aliphatic rings. The number of nitrogens with zero attached hydrogens (tertiary/aromatic N) is 4. The summed E-state index contributed by atoms with van der Waals surface area (Å²) in [5.41, 5.74) is 2.56. The van der Waals surface area contributed by atoms with Crippen LogP contribution < -0.4 is 4.90 Å². The van der Waals surface area contributed by atoms with Crippen molar-refractivity contribution in [1.82, 2.24) is 15.0 Å². The van der Waals surface area contributed by atoms with Crippen molar-refractivity contribution in [2.75, 3.05) is 25.5 Å². The van der Waals surface area contributed by atoms with Gasteiger partial charge in [0.15, 0.2) is 5.82 Å². The van der Waals surface area contributed by atoms with Crippen molar-refractivity contribution in [2.24, 2.45) is 0 Å². The van der Waals surface area contributed by atoms with Gasteiger partial charge in [0.25, 0.3) is 0 Å². The lowest BCUT2D eigenvalue weighted by atomic mass is 10.0. The van der Waals surface area contributed by atoms with Gasteiger partial charge < -0.3 is 9.42 Å². The molecule has 5 nitrogen and oxygen atoms in total. The lowest BCUT2D eigenvalue weighted by Crippen LogP contribution is -2.33. The first-order chi connectivity index (χ1) is 11.5. The van der Waals surface area contributed by atoms with Gasteiger partial charge in [0.2, 0.25) is 5.89 Å². The van der Waals surface area contributed by atoms with Gasteiger partial charge in [-0.1, -0.05) is 37.6 Å². The number of rotatable bonds is 5. The summed E-state index contributed by atoms with van der Waals surface area (Å²) in [7, 11) is 4.13. The molecule has 1 fully saturated rings. The molecular weight excluding hydrogens is 300 g/mol. The van der Waals surface area contributed by atoms with Crippen LogP contribution >= 0.6 is 0 Å². The molecule has 24 heavy (non-hydrogen) atoms. The molecule has 1 aromatic heterocycles. The molecule has 5 heteroatoms. The van der Waals surface area contributed by atoms with Crippen molar-refractivity contribution in [1.29, 1.82) is 0 Å². The van der Waals surface area contributed by atoms with Crippen LogP contribution in [-0.2, 0) is 6.54 Å². The van der Waals surface area contributed by atoms with Gasteiger partial charge in [-0.05, 0) is 37.1 Å². The molecule has 0 unspecified atom stereocenters. The van der Waals surface area contributed by atoms with Crippen molar-refractivity contribution in [3.8, 4) is 0 Å². The number of benzene rings is 1. The maximum Gasteiger partial charge on any atom is 0.244 e. The largest absolute Gasteiger partial charge is 0.378 e. The summed E-state index contributed by atoms with van der Waals surface area (Å²) in [4.78, 5) is 9.24. The van der Waals surface area contributed by atoms with E-state index in [1.165, 1.54) is 24.1 Å². The standard InChI is InChI=1S/C19H28N4O/c1-14(2)18-20-19(24-21-18)17-7-5-6-12-23(17)13-15-8-10-16(11-9-15)22(3)4/h8-11,14,17H,5-7,12-13H2,1-4H3/t17-/m0/s1. The maximum absolute atomic E-state index is 5.57. The van der Waals surface area contributed by atoms with Crippen LogP contribution in [-0.4, -0.2) is 35.7 Å². The van der Waals surface area contributed by atoms with Crippen LogP contribution in [0.1, 0.15) is 62.3 Å². The SMILES string of the molecule is CC(C)c1noc([C@@H]2CCCCN2Cc2ccc(N(C)C)cc2)n1. The zero-order valence-electron chi connectivity index (χ0n) is 15.2. The van der Waals surface area contributed by atoms with E-state index in [4.69, 9.17) is 4.52 Å². The van der Waals surface area contributed by atoms with Gasteiger partial charge in [-0.15, -0.1) is 0 Å². The molecule has 0 bridgehead atoms. The molecule has 1 aromatic carbocycles. The Morgan fingerprint density at radius 1 is 1.21 bits per heavy atom. The van der Waals surface area contributed by atoms with Crippen LogP contribution in [0.4, 0.5) is 5.69 Å². The minimum absolute atomic E-state index is 0.243. The molecule has 0 radical (unpaired) electrons. The Balaban J connectivity index is 1.74. The van der Waals surface area contributed by atoms with Crippen LogP contribution in [0, 0.1) is 0 Å². The number of piperidine rings is 1. The second-order valence-electron chi connectivity index (χ2n) is 7.19. The normalized spacial score (nSPS) is 19.0. The van der Waals surface area contributed by atoms with Crippen molar-refractivity contribution in [2.45, 2.75) is 51.6 Å². The van der Waals surface area contributed by atoms with Gasteiger partial charge in [0, 0.05) is 32.2 Å². The first-order valence-corrected chi connectivity index (χ1v) is 8.88. The minimum atomic E-state index is 0.243. The molecule has 0 N–H and O–H groups in total. The summed E-state index contributed by atoms with van der Waals surface area (Å²) in [5.74, 6) is 1.90. The molecule has 130 valence electrons. The summed E-state index contributed by atoms with van der Waals surface area (Å²) in [6.07, 6.45) is 3.55. The summed E-state index contributed by atoms with van der Waals surface area (Å²) in [6.45, 7) is 6.20. The highest BCUT2D eigenvalue weighted by Crippen LogP contribution is 2.32. The van der Waals surface area contributed by atoms with E-state index in [1.54, 1.807) is 0 Å². The van der Waals surface area contributed by atoms with Crippen molar-refractivity contribution >= 4 is 5.69 Å². The molecule has 0 spiro atoms. The van der Waals surface area contributed by atoms with E-state index in [0.29, 0.717) is 5.92 Å².